The molecule has 36 heavy (non-hydrogen) atoms. The van der Waals surface area contributed by atoms with Gasteiger partial charge in [0.2, 0.25) is 0 Å². The van der Waals surface area contributed by atoms with E-state index in [4.69, 9.17) is 16.6 Å². The number of nitriles is 1. The number of aliphatic imine (C=N–C) groups is 1. The predicted octanol–water partition coefficient (Wildman–Crippen LogP) is 5.62. The SMILES string of the molecule is CCC1=Nc2cc(C#N)c(Cl)cc2[SH]1c1ccc(CCNC(=O)NS(=O)(=O)c2ccc(C)cc2)cc1. The number of nitrogens with one attached hydrogen (secondary N) is 2. The smallest absolute Gasteiger partial charge is 0.328 e. The first kappa shape index (κ1) is 25.8. The fourth-order valence-corrected chi connectivity index (χ4v) is 7.46. The summed E-state index contributed by atoms with van der Waals surface area (Å²) in [6.45, 7) is 4.20. The van der Waals surface area contributed by atoms with E-state index in [0.29, 0.717) is 17.0 Å². The van der Waals surface area contributed by atoms with Crippen LogP contribution in [0.2, 0.25) is 5.02 Å². The Kier molecular flexibility index (Phi) is 7.69. The lowest BCUT2D eigenvalue weighted by Crippen LogP contribution is -2.40. The van der Waals surface area contributed by atoms with Crippen molar-refractivity contribution in [2.45, 2.75) is 41.4 Å². The number of fused-ring (bicyclic) bond motifs is 1. The van der Waals surface area contributed by atoms with Crippen LogP contribution in [-0.4, -0.2) is 26.0 Å². The number of halogens is 1. The third-order valence-electron chi connectivity index (χ3n) is 5.70. The molecule has 0 aromatic heterocycles. The third-order valence-corrected chi connectivity index (χ3v) is 9.95. The van der Waals surface area contributed by atoms with Gasteiger partial charge in [-0.15, -0.1) is 0 Å². The van der Waals surface area contributed by atoms with Crippen molar-refractivity contribution in [1.29, 1.82) is 5.26 Å². The molecule has 1 unspecified atom stereocenters. The minimum Gasteiger partial charge on any atom is -0.337 e. The molecule has 3 aromatic carbocycles. The van der Waals surface area contributed by atoms with Crippen molar-refractivity contribution >= 4 is 49.3 Å². The van der Waals surface area contributed by atoms with E-state index in [-0.39, 0.29) is 11.4 Å². The summed E-state index contributed by atoms with van der Waals surface area (Å²) >= 11 is 6.30. The molecule has 3 aromatic rings. The Balaban J connectivity index is 1.38. The highest BCUT2D eigenvalue weighted by Gasteiger charge is 2.26. The third kappa shape index (κ3) is 5.57. The van der Waals surface area contributed by atoms with E-state index in [0.717, 1.165) is 38.1 Å². The van der Waals surface area contributed by atoms with Crippen molar-refractivity contribution in [1.82, 2.24) is 10.0 Å². The van der Waals surface area contributed by atoms with Gasteiger partial charge in [0.05, 0.1) is 26.2 Å². The van der Waals surface area contributed by atoms with Crippen molar-refractivity contribution in [3.05, 3.63) is 82.4 Å². The molecule has 0 bridgehead atoms. The first-order valence-corrected chi connectivity index (χ1v) is 14.5. The summed E-state index contributed by atoms with van der Waals surface area (Å²) in [5.74, 6) is 0. The maximum atomic E-state index is 12.3. The normalized spacial score (nSPS) is 15.5. The zero-order chi connectivity index (χ0) is 25.9. The molecule has 0 saturated carbocycles. The fourth-order valence-electron chi connectivity index (χ4n) is 3.83. The maximum Gasteiger partial charge on any atom is 0.328 e. The highest BCUT2D eigenvalue weighted by atomic mass is 35.5. The monoisotopic (exact) mass is 540 g/mol. The van der Waals surface area contributed by atoms with Crippen LogP contribution in [-0.2, 0) is 16.4 Å². The Morgan fingerprint density at radius 1 is 1.11 bits per heavy atom. The summed E-state index contributed by atoms with van der Waals surface area (Å²) in [6.07, 6.45) is 1.34. The van der Waals surface area contributed by atoms with E-state index >= 15 is 0 Å². The number of nitrogens with zero attached hydrogens (tertiary/aromatic N) is 2. The van der Waals surface area contributed by atoms with Crippen LogP contribution in [0.25, 0.3) is 0 Å². The van der Waals surface area contributed by atoms with Crippen LogP contribution < -0.4 is 10.0 Å². The van der Waals surface area contributed by atoms with Crippen molar-refractivity contribution in [2.75, 3.05) is 6.54 Å². The second-order valence-electron chi connectivity index (χ2n) is 8.24. The van der Waals surface area contributed by atoms with Gasteiger partial charge in [0, 0.05) is 11.4 Å². The van der Waals surface area contributed by atoms with E-state index < -0.39 is 26.9 Å². The number of hydrogen-bond acceptors (Lipinski definition) is 5. The lowest BCUT2D eigenvalue weighted by atomic mass is 10.1. The van der Waals surface area contributed by atoms with Gasteiger partial charge in [-0.2, -0.15) is 16.2 Å². The van der Waals surface area contributed by atoms with Crippen molar-refractivity contribution in [2.24, 2.45) is 4.99 Å². The molecule has 10 heteroatoms. The largest absolute Gasteiger partial charge is 0.337 e. The van der Waals surface area contributed by atoms with Gasteiger partial charge in [0.15, 0.2) is 0 Å². The van der Waals surface area contributed by atoms with Crippen molar-refractivity contribution < 1.29 is 13.2 Å². The van der Waals surface area contributed by atoms with Crippen LogP contribution >= 0.6 is 22.5 Å². The Hall–Kier alpha value is -3.32. The molecule has 0 saturated heterocycles. The number of aryl methyl sites for hydroxylation is 1. The molecule has 1 heterocycles. The van der Waals surface area contributed by atoms with Crippen LogP contribution in [0, 0.1) is 18.3 Å². The molecule has 4 rings (SSSR count). The maximum absolute atomic E-state index is 12.3. The standard InChI is InChI=1S/C26H25ClN4O3S2/c1-3-25-30-23-14-19(16-28)22(27)15-24(23)35(25)20-8-6-18(7-9-20)12-13-29-26(32)31-36(33,34)21-10-4-17(2)5-11-21/h4-11,14-15,35H,3,12-13H2,1-2H3,(H2,29,31,32). The van der Waals surface area contributed by atoms with Crippen LogP contribution in [0.4, 0.5) is 10.5 Å². The zero-order valence-electron chi connectivity index (χ0n) is 19.7. The highest BCUT2D eigenvalue weighted by molar-refractivity contribution is 8.30. The minimum atomic E-state index is -3.92. The van der Waals surface area contributed by atoms with E-state index in [9.17, 15) is 18.5 Å². The molecule has 2 N–H and O–H groups in total. The second kappa shape index (κ2) is 10.7. The van der Waals surface area contributed by atoms with Gasteiger partial charge in [0.1, 0.15) is 6.07 Å². The summed E-state index contributed by atoms with van der Waals surface area (Å²) in [6, 6.07) is 19.3. The Labute approximate surface area is 218 Å². The molecule has 1 aliphatic heterocycles. The van der Waals surface area contributed by atoms with Crippen LogP contribution in [0.1, 0.15) is 30.0 Å². The highest BCUT2D eigenvalue weighted by Crippen LogP contribution is 2.56. The lowest BCUT2D eigenvalue weighted by molar-refractivity contribution is 0.246. The number of carbonyl (C=O) groups is 1. The molecule has 2 amide bonds. The fraction of sp³-hybridized carbons (Fsp3) is 0.192. The van der Waals surface area contributed by atoms with Gasteiger partial charge in [-0.3, -0.25) is 0 Å². The van der Waals surface area contributed by atoms with Crippen LogP contribution in [0.15, 0.2) is 80.3 Å². The van der Waals surface area contributed by atoms with E-state index in [1.165, 1.54) is 12.1 Å². The molecule has 0 aliphatic carbocycles. The topological polar surface area (TPSA) is 111 Å². The molecule has 1 aliphatic rings. The van der Waals surface area contributed by atoms with Crippen LogP contribution in [0.3, 0.4) is 0 Å². The summed E-state index contributed by atoms with van der Waals surface area (Å²) in [5.41, 5.74) is 3.16. The molecule has 0 spiro atoms. The van der Waals surface area contributed by atoms with E-state index in [2.05, 4.69) is 30.4 Å². The quantitative estimate of drug-likeness (QED) is 0.337. The molecule has 7 nitrogen and oxygen atoms in total. The number of urea groups is 1. The second-order valence-corrected chi connectivity index (χ2v) is 12.5. The molecule has 186 valence electrons. The lowest BCUT2D eigenvalue weighted by Gasteiger charge is -2.20. The van der Waals surface area contributed by atoms with Crippen molar-refractivity contribution in [3.8, 4) is 6.07 Å². The van der Waals surface area contributed by atoms with Gasteiger partial charge in [-0.25, -0.2) is 22.9 Å². The van der Waals surface area contributed by atoms with Gasteiger partial charge in [-0.05, 0) is 66.6 Å². The first-order valence-electron chi connectivity index (χ1n) is 11.3. The van der Waals surface area contributed by atoms with Crippen LogP contribution in [0.5, 0.6) is 0 Å². The summed E-state index contributed by atoms with van der Waals surface area (Å²) in [5, 5.41) is 13.4. The van der Waals surface area contributed by atoms with Gasteiger partial charge in [-0.1, -0.05) is 48.4 Å². The summed E-state index contributed by atoms with van der Waals surface area (Å²) in [7, 11) is -4.74. The molecular formula is C26H25ClN4O3S2. The van der Waals surface area contributed by atoms with Gasteiger partial charge in [0.25, 0.3) is 10.0 Å². The number of hydrogen-bond donors (Lipinski definition) is 3. The number of amides is 2. The average molecular weight is 541 g/mol. The minimum absolute atomic E-state index is 0.0365. The summed E-state index contributed by atoms with van der Waals surface area (Å²) < 4.78 is 26.7. The average Bonchev–Trinajstić information content (AvgIpc) is 3.21. The number of thiol groups is 1. The Bertz CT molecular complexity index is 1480. The number of carbonyl (C=O) groups excluding carboxylic acids is 1. The Morgan fingerprint density at radius 3 is 2.44 bits per heavy atom. The molecule has 0 fully saturated rings. The number of benzene rings is 3. The zero-order valence-corrected chi connectivity index (χ0v) is 22.2. The number of rotatable bonds is 7. The summed E-state index contributed by atoms with van der Waals surface area (Å²) in [4.78, 5) is 19.1. The predicted molar refractivity (Wildman–Crippen MR) is 144 cm³/mol. The van der Waals surface area contributed by atoms with Gasteiger partial charge >= 0.3 is 6.03 Å². The Morgan fingerprint density at radius 2 is 1.81 bits per heavy atom. The van der Waals surface area contributed by atoms with Gasteiger partial charge < -0.3 is 5.32 Å². The molecule has 1 atom stereocenters. The van der Waals surface area contributed by atoms with E-state index in [1.807, 2.05) is 29.8 Å². The van der Waals surface area contributed by atoms with E-state index in [1.54, 1.807) is 18.2 Å². The van der Waals surface area contributed by atoms with Crippen molar-refractivity contribution in [3.63, 3.8) is 0 Å². The molecule has 0 radical (unpaired) electrons. The molecular weight excluding hydrogens is 516 g/mol. The first-order chi connectivity index (χ1) is 17.2. The number of sulfonamides is 1.